The van der Waals surface area contributed by atoms with Gasteiger partial charge in [-0.1, -0.05) is 28.1 Å². The van der Waals surface area contributed by atoms with Gasteiger partial charge in [-0.15, -0.1) is 0 Å². The molecule has 162 valence electrons. The van der Waals surface area contributed by atoms with E-state index >= 15 is 0 Å². The van der Waals surface area contributed by atoms with Crippen LogP contribution in [0.3, 0.4) is 0 Å². The summed E-state index contributed by atoms with van der Waals surface area (Å²) in [5.41, 5.74) is 12.3. The van der Waals surface area contributed by atoms with Gasteiger partial charge in [0.05, 0.1) is 16.3 Å². The Balaban J connectivity index is 1.60. The quantitative estimate of drug-likeness (QED) is 0.306. The lowest BCUT2D eigenvalue weighted by Gasteiger charge is -2.13. The molecule has 0 amide bonds. The molecule has 0 fully saturated rings. The van der Waals surface area contributed by atoms with Crippen molar-refractivity contribution in [3.8, 4) is 23.0 Å². The fraction of sp³-hybridized carbons (Fsp3) is 0. The number of hydrogen-bond donors (Lipinski definition) is 2. The van der Waals surface area contributed by atoms with Gasteiger partial charge < -0.3 is 20.9 Å². The molecular weight excluding hydrogens is 492 g/mol. The predicted molar refractivity (Wildman–Crippen MR) is 128 cm³/mol. The number of nitrogens with two attached hydrogens (primary N) is 2. The minimum Gasteiger partial charge on any atom is -0.457 e. The second-order valence-corrected chi connectivity index (χ2v) is 9.70. The predicted octanol–water partition coefficient (Wildman–Crippen LogP) is 6.03. The standard InChI is InChI=1S/C24H19BrN2O4S/c25-16-5-7-17(8-6-16)30-18-9-12-20(13-10-18)32(28,29)24-4-2-1-3-23(24)31-19-11-14-21(26)22(27)15-19/h1-15H,26-27H2. The van der Waals surface area contributed by atoms with Gasteiger partial charge in [-0.05, 0) is 72.8 Å². The second-order valence-electron chi connectivity index (χ2n) is 6.87. The van der Waals surface area contributed by atoms with E-state index in [4.69, 9.17) is 20.9 Å². The Kier molecular flexibility index (Phi) is 6.07. The fourth-order valence-corrected chi connectivity index (χ4v) is 4.60. The van der Waals surface area contributed by atoms with Crippen molar-refractivity contribution in [2.75, 3.05) is 11.5 Å². The molecule has 0 aliphatic heterocycles. The number of rotatable bonds is 6. The number of halogens is 1. The van der Waals surface area contributed by atoms with E-state index in [1.807, 2.05) is 24.3 Å². The molecule has 0 atom stereocenters. The average molecular weight is 511 g/mol. The van der Waals surface area contributed by atoms with E-state index in [-0.39, 0.29) is 15.5 Å². The van der Waals surface area contributed by atoms with Crippen LogP contribution in [-0.4, -0.2) is 8.42 Å². The summed E-state index contributed by atoms with van der Waals surface area (Å²) in [5.74, 6) is 1.74. The van der Waals surface area contributed by atoms with Gasteiger partial charge in [0.25, 0.3) is 0 Å². The van der Waals surface area contributed by atoms with Crippen molar-refractivity contribution in [1.29, 1.82) is 0 Å². The molecule has 0 spiro atoms. The van der Waals surface area contributed by atoms with Crippen LogP contribution in [-0.2, 0) is 9.84 Å². The molecule has 4 N–H and O–H groups in total. The van der Waals surface area contributed by atoms with Gasteiger partial charge >= 0.3 is 0 Å². The summed E-state index contributed by atoms with van der Waals surface area (Å²) in [7, 11) is -3.85. The van der Waals surface area contributed by atoms with Gasteiger partial charge in [-0.25, -0.2) is 8.42 Å². The molecule has 0 bridgehead atoms. The van der Waals surface area contributed by atoms with Crippen molar-refractivity contribution in [3.05, 3.63) is 95.5 Å². The van der Waals surface area contributed by atoms with Crippen LogP contribution in [0.1, 0.15) is 0 Å². The zero-order valence-electron chi connectivity index (χ0n) is 16.7. The maximum absolute atomic E-state index is 13.3. The molecular formula is C24H19BrN2O4S. The first kappa shape index (κ1) is 21.7. The van der Waals surface area contributed by atoms with Crippen LogP contribution in [0, 0.1) is 0 Å². The monoisotopic (exact) mass is 510 g/mol. The smallest absolute Gasteiger partial charge is 0.210 e. The van der Waals surface area contributed by atoms with Gasteiger partial charge in [0, 0.05) is 10.5 Å². The van der Waals surface area contributed by atoms with Crippen molar-refractivity contribution in [3.63, 3.8) is 0 Å². The van der Waals surface area contributed by atoms with Crippen LogP contribution in [0.2, 0.25) is 0 Å². The van der Waals surface area contributed by atoms with E-state index in [1.54, 1.807) is 48.5 Å². The Morgan fingerprint density at radius 1 is 0.656 bits per heavy atom. The molecule has 0 aliphatic rings. The zero-order chi connectivity index (χ0) is 22.7. The highest BCUT2D eigenvalue weighted by molar-refractivity contribution is 9.10. The maximum atomic E-state index is 13.3. The van der Waals surface area contributed by atoms with Crippen molar-refractivity contribution in [2.24, 2.45) is 0 Å². The van der Waals surface area contributed by atoms with Crippen molar-refractivity contribution < 1.29 is 17.9 Å². The molecule has 0 saturated heterocycles. The average Bonchev–Trinajstić information content (AvgIpc) is 2.78. The minimum atomic E-state index is -3.85. The summed E-state index contributed by atoms with van der Waals surface area (Å²) < 4.78 is 39.1. The number of nitrogen functional groups attached to an aromatic ring is 2. The van der Waals surface area contributed by atoms with E-state index in [0.29, 0.717) is 28.6 Å². The first-order chi connectivity index (χ1) is 15.3. The Morgan fingerprint density at radius 2 is 1.25 bits per heavy atom. The van der Waals surface area contributed by atoms with E-state index in [9.17, 15) is 8.42 Å². The normalized spacial score (nSPS) is 11.2. The van der Waals surface area contributed by atoms with Gasteiger partial charge in [0.1, 0.15) is 27.9 Å². The van der Waals surface area contributed by atoms with Crippen LogP contribution in [0.25, 0.3) is 0 Å². The zero-order valence-corrected chi connectivity index (χ0v) is 19.1. The highest BCUT2D eigenvalue weighted by atomic mass is 79.9. The summed E-state index contributed by atoms with van der Waals surface area (Å²) in [4.78, 5) is 0.158. The highest BCUT2D eigenvalue weighted by Crippen LogP contribution is 2.34. The number of anilines is 2. The van der Waals surface area contributed by atoms with Gasteiger partial charge in [0.15, 0.2) is 0 Å². The summed E-state index contributed by atoms with van der Waals surface area (Å²) in [6.45, 7) is 0. The molecule has 0 unspecified atom stereocenters. The SMILES string of the molecule is Nc1ccc(Oc2ccccc2S(=O)(=O)c2ccc(Oc3ccc(Br)cc3)cc2)cc1N. The van der Waals surface area contributed by atoms with Gasteiger partial charge in [-0.3, -0.25) is 0 Å². The second kappa shape index (κ2) is 8.94. The van der Waals surface area contributed by atoms with Crippen molar-refractivity contribution in [1.82, 2.24) is 0 Å². The van der Waals surface area contributed by atoms with Crippen molar-refractivity contribution in [2.45, 2.75) is 9.79 Å². The largest absolute Gasteiger partial charge is 0.457 e. The number of para-hydroxylation sites is 1. The molecule has 0 radical (unpaired) electrons. The number of sulfone groups is 1. The van der Waals surface area contributed by atoms with Crippen LogP contribution in [0.4, 0.5) is 11.4 Å². The lowest BCUT2D eigenvalue weighted by atomic mass is 10.2. The van der Waals surface area contributed by atoms with Crippen molar-refractivity contribution >= 4 is 37.1 Å². The van der Waals surface area contributed by atoms with E-state index in [2.05, 4.69) is 15.9 Å². The van der Waals surface area contributed by atoms with Crippen LogP contribution < -0.4 is 20.9 Å². The van der Waals surface area contributed by atoms with Crippen LogP contribution in [0.5, 0.6) is 23.0 Å². The Bertz CT molecular complexity index is 1360. The molecule has 0 saturated carbocycles. The van der Waals surface area contributed by atoms with Crippen LogP contribution >= 0.6 is 15.9 Å². The van der Waals surface area contributed by atoms with Gasteiger partial charge in [0.2, 0.25) is 9.84 Å². The summed E-state index contributed by atoms with van der Waals surface area (Å²) in [6.07, 6.45) is 0. The molecule has 32 heavy (non-hydrogen) atoms. The van der Waals surface area contributed by atoms with E-state index in [1.165, 1.54) is 18.2 Å². The molecule has 0 aromatic heterocycles. The van der Waals surface area contributed by atoms with E-state index in [0.717, 1.165) is 4.47 Å². The molecule has 4 aromatic rings. The lowest BCUT2D eigenvalue weighted by Crippen LogP contribution is -2.04. The first-order valence-corrected chi connectivity index (χ1v) is 11.8. The minimum absolute atomic E-state index is 0.0389. The Labute approximate surface area is 194 Å². The first-order valence-electron chi connectivity index (χ1n) is 9.53. The highest BCUT2D eigenvalue weighted by Gasteiger charge is 2.22. The third-order valence-electron chi connectivity index (χ3n) is 4.61. The Hall–Kier alpha value is -3.49. The molecule has 4 rings (SSSR count). The number of benzene rings is 4. The molecule has 4 aromatic carbocycles. The topological polar surface area (TPSA) is 105 Å². The van der Waals surface area contributed by atoms with Crippen LogP contribution in [0.15, 0.2) is 105 Å². The molecule has 6 nitrogen and oxygen atoms in total. The molecule has 8 heteroatoms. The molecule has 0 heterocycles. The third kappa shape index (κ3) is 4.71. The van der Waals surface area contributed by atoms with E-state index < -0.39 is 9.84 Å². The fourth-order valence-electron chi connectivity index (χ4n) is 2.95. The lowest BCUT2D eigenvalue weighted by molar-refractivity contribution is 0.468. The summed E-state index contributed by atoms with van der Waals surface area (Å²) in [5, 5.41) is 0. The third-order valence-corrected chi connectivity index (χ3v) is 6.95. The molecule has 0 aliphatic carbocycles. The maximum Gasteiger partial charge on any atom is 0.210 e. The number of ether oxygens (including phenoxy) is 2. The summed E-state index contributed by atoms with van der Waals surface area (Å²) in [6, 6.07) is 24.8. The van der Waals surface area contributed by atoms with Gasteiger partial charge in [-0.2, -0.15) is 0 Å². The Morgan fingerprint density at radius 3 is 1.91 bits per heavy atom. The number of hydrogen-bond acceptors (Lipinski definition) is 6. The summed E-state index contributed by atoms with van der Waals surface area (Å²) >= 11 is 3.37.